The quantitative estimate of drug-likeness (QED) is 0.817. The van der Waals surface area contributed by atoms with Crippen LogP contribution < -0.4 is 15.4 Å². The molecular weight excluding hydrogens is 242 g/mol. The van der Waals surface area contributed by atoms with Crippen LogP contribution in [0.5, 0.6) is 5.75 Å². The molecule has 1 aliphatic carbocycles. The van der Waals surface area contributed by atoms with Crippen molar-refractivity contribution >= 4 is 17.3 Å². The van der Waals surface area contributed by atoms with Gasteiger partial charge in [-0.1, -0.05) is 6.42 Å². The summed E-state index contributed by atoms with van der Waals surface area (Å²) in [5.74, 6) is 0.542. The number of ether oxygens (including phenoxy) is 1. The van der Waals surface area contributed by atoms with Gasteiger partial charge in [0, 0.05) is 12.2 Å². The van der Waals surface area contributed by atoms with Gasteiger partial charge >= 0.3 is 0 Å². The molecule has 5 heteroatoms. The third-order valence-corrected chi connectivity index (χ3v) is 3.93. The van der Waals surface area contributed by atoms with Crippen LogP contribution in [0.25, 0.3) is 0 Å². The zero-order chi connectivity index (χ0) is 13.5. The third-order valence-electron chi connectivity index (χ3n) is 3.93. The highest BCUT2D eigenvalue weighted by Crippen LogP contribution is 2.43. The Kier molecular flexibility index (Phi) is 2.59. The van der Waals surface area contributed by atoms with Gasteiger partial charge < -0.3 is 15.4 Å². The van der Waals surface area contributed by atoms with Crippen molar-refractivity contribution in [2.24, 2.45) is 5.41 Å². The number of nitrogen functional groups attached to an aromatic ring is 1. The molecule has 3 rings (SSSR count). The van der Waals surface area contributed by atoms with E-state index < -0.39 is 5.41 Å². The third kappa shape index (κ3) is 1.89. The van der Waals surface area contributed by atoms with Gasteiger partial charge in [-0.25, -0.2) is 0 Å². The van der Waals surface area contributed by atoms with Gasteiger partial charge in [0.1, 0.15) is 5.75 Å². The Morgan fingerprint density at radius 2 is 2.26 bits per heavy atom. The Hall–Kier alpha value is -2.22. The summed E-state index contributed by atoms with van der Waals surface area (Å²) in [6, 6.07) is 7.61. The average Bonchev–Trinajstić information content (AvgIpc) is 2.36. The summed E-state index contributed by atoms with van der Waals surface area (Å²) in [6.07, 6.45) is 2.76. The molecule has 0 aromatic heterocycles. The van der Waals surface area contributed by atoms with Crippen molar-refractivity contribution in [3.63, 3.8) is 0 Å². The molecule has 19 heavy (non-hydrogen) atoms. The maximum atomic E-state index is 12.1. The van der Waals surface area contributed by atoms with Gasteiger partial charge in [0.15, 0.2) is 6.61 Å². The molecule has 5 nitrogen and oxygen atoms in total. The topological polar surface area (TPSA) is 79.3 Å². The highest BCUT2D eigenvalue weighted by Gasteiger charge is 2.41. The predicted molar refractivity (Wildman–Crippen MR) is 70.6 cm³/mol. The summed E-state index contributed by atoms with van der Waals surface area (Å²) in [5.41, 5.74) is 6.64. The van der Waals surface area contributed by atoms with Crippen molar-refractivity contribution in [2.45, 2.75) is 19.3 Å². The molecule has 0 unspecified atom stereocenters. The number of nitrogens with two attached hydrogens (primary N) is 1. The second kappa shape index (κ2) is 4.16. The van der Waals surface area contributed by atoms with E-state index in [-0.39, 0.29) is 12.5 Å². The fourth-order valence-corrected chi connectivity index (χ4v) is 2.60. The normalized spacial score (nSPS) is 19.9. The summed E-state index contributed by atoms with van der Waals surface area (Å²) in [7, 11) is 0. The Labute approximate surface area is 111 Å². The maximum absolute atomic E-state index is 12.1. The Bertz CT molecular complexity index is 573. The number of benzene rings is 1. The molecule has 1 amide bonds. The molecular formula is C14H15N3O2. The van der Waals surface area contributed by atoms with Crippen molar-refractivity contribution in [3.8, 4) is 11.8 Å². The lowest BCUT2D eigenvalue weighted by Crippen LogP contribution is -2.47. The van der Waals surface area contributed by atoms with Crippen LogP contribution in [0.15, 0.2) is 18.2 Å². The molecule has 1 aromatic carbocycles. The minimum Gasteiger partial charge on any atom is -0.482 e. The Morgan fingerprint density at radius 1 is 1.47 bits per heavy atom. The number of rotatable bonds is 2. The molecule has 0 spiro atoms. The minimum atomic E-state index is -0.394. The first-order valence-corrected chi connectivity index (χ1v) is 6.37. The van der Waals surface area contributed by atoms with Gasteiger partial charge in [0.25, 0.3) is 5.91 Å². The lowest BCUT2D eigenvalue weighted by atomic mass is 9.69. The van der Waals surface area contributed by atoms with Gasteiger partial charge in [0.05, 0.1) is 17.2 Å². The van der Waals surface area contributed by atoms with Gasteiger partial charge in [-0.15, -0.1) is 0 Å². The van der Waals surface area contributed by atoms with Crippen molar-refractivity contribution in [2.75, 3.05) is 23.8 Å². The van der Waals surface area contributed by atoms with Crippen LogP contribution in [0.2, 0.25) is 0 Å². The molecule has 1 heterocycles. The minimum absolute atomic E-state index is 0.0262. The van der Waals surface area contributed by atoms with E-state index in [1.807, 2.05) is 0 Å². The zero-order valence-electron chi connectivity index (χ0n) is 10.6. The first kappa shape index (κ1) is 11.8. The van der Waals surface area contributed by atoms with E-state index in [0.29, 0.717) is 23.7 Å². The number of carbonyl (C=O) groups excluding carboxylic acids is 1. The molecule has 1 saturated carbocycles. The summed E-state index contributed by atoms with van der Waals surface area (Å²) >= 11 is 0. The van der Waals surface area contributed by atoms with Gasteiger partial charge in [-0.3, -0.25) is 4.79 Å². The summed E-state index contributed by atoms with van der Waals surface area (Å²) in [5, 5.41) is 9.31. The molecule has 2 N–H and O–H groups in total. The summed E-state index contributed by atoms with van der Waals surface area (Å²) in [6.45, 7) is 0.459. The molecule has 0 radical (unpaired) electrons. The van der Waals surface area contributed by atoms with Crippen molar-refractivity contribution in [1.82, 2.24) is 0 Å². The first-order valence-electron chi connectivity index (χ1n) is 6.37. The lowest BCUT2D eigenvalue weighted by Gasteiger charge is -2.41. The number of hydrogen-bond donors (Lipinski definition) is 1. The highest BCUT2D eigenvalue weighted by molar-refractivity contribution is 5.98. The molecule has 0 atom stereocenters. The Balaban J connectivity index is 1.95. The van der Waals surface area contributed by atoms with Crippen LogP contribution in [0, 0.1) is 16.7 Å². The fraction of sp³-hybridized carbons (Fsp3) is 0.429. The van der Waals surface area contributed by atoms with Crippen molar-refractivity contribution in [3.05, 3.63) is 18.2 Å². The van der Waals surface area contributed by atoms with Crippen LogP contribution in [-0.2, 0) is 4.79 Å². The van der Waals surface area contributed by atoms with Gasteiger partial charge in [0.2, 0.25) is 0 Å². The van der Waals surface area contributed by atoms with Gasteiger partial charge in [-0.2, -0.15) is 5.26 Å². The van der Waals surface area contributed by atoms with E-state index in [4.69, 9.17) is 10.5 Å². The van der Waals surface area contributed by atoms with E-state index in [2.05, 4.69) is 6.07 Å². The summed E-state index contributed by atoms with van der Waals surface area (Å²) in [4.78, 5) is 13.7. The average molecular weight is 257 g/mol. The standard InChI is InChI=1S/C14H15N3O2/c15-8-14(4-1-5-14)9-17-11-6-10(16)2-3-12(11)19-7-13(17)18/h2-3,6H,1,4-5,7,9,16H2. The highest BCUT2D eigenvalue weighted by atomic mass is 16.5. The number of fused-ring (bicyclic) bond motifs is 1. The first-order chi connectivity index (χ1) is 9.13. The van der Waals surface area contributed by atoms with E-state index in [1.54, 1.807) is 23.1 Å². The monoisotopic (exact) mass is 257 g/mol. The van der Waals surface area contributed by atoms with E-state index in [0.717, 1.165) is 19.3 Å². The molecule has 1 aromatic rings. The van der Waals surface area contributed by atoms with E-state index in [1.165, 1.54) is 0 Å². The van der Waals surface area contributed by atoms with Crippen molar-refractivity contribution in [1.29, 1.82) is 5.26 Å². The van der Waals surface area contributed by atoms with Crippen LogP contribution >= 0.6 is 0 Å². The molecule has 98 valence electrons. The van der Waals surface area contributed by atoms with Crippen LogP contribution in [-0.4, -0.2) is 19.1 Å². The van der Waals surface area contributed by atoms with E-state index in [9.17, 15) is 10.1 Å². The molecule has 0 saturated heterocycles. The van der Waals surface area contributed by atoms with Crippen LogP contribution in [0.3, 0.4) is 0 Å². The molecule has 0 bridgehead atoms. The number of hydrogen-bond acceptors (Lipinski definition) is 4. The maximum Gasteiger partial charge on any atom is 0.265 e. The van der Waals surface area contributed by atoms with Crippen LogP contribution in [0.1, 0.15) is 19.3 Å². The predicted octanol–water partition coefficient (Wildman–Crippen LogP) is 1.69. The van der Waals surface area contributed by atoms with Crippen LogP contribution in [0.4, 0.5) is 11.4 Å². The van der Waals surface area contributed by atoms with E-state index >= 15 is 0 Å². The van der Waals surface area contributed by atoms with Crippen molar-refractivity contribution < 1.29 is 9.53 Å². The number of amides is 1. The van der Waals surface area contributed by atoms with Gasteiger partial charge in [-0.05, 0) is 31.0 Å². The number of nitriles is 1. The summed E-state index contributed by atoms with van der Waals surface area (Å²) < 4.78 is 5.39. The number of carbonyl (C=O) groups is 1. The largest absolute Gasteiger partial charge is 0.482 e. The second-order valence-electron chi connectivity index (χ2n) is 5.24. The number of nitrogens with zero attached hydrogens (tertiary/aromatic N) is 2. The number of anilines is 2. The molecule has 1 aliphatic heterocycles. The second-order valence-corrected chi connectivity index (χ2v) is 5.24. The fourth-order valence-electron chi connectivity index (χ4n) is 2.60. The molecule has 2 aliphatic rings. The molecule has 1 fully saturated rings. The Morgan fingerprint density at radius 3 is 2.89 bits per heavy atom. The SMILES string of the molecule is N#CC1(CN2C(=O)COc3ccc(N)cc32)CCC1. The zero-order valence-corrected chi connectivity index (χ0v) is 10.6. The smallest absolute Gasteiger partial charge is 0.265 e. The lowest BCUT2D eigenvalue weighted by molar-refractivity contribution is -0.121.